The van der Waals surface area contributed by atoms with Gasteiger partial charge in [0.05, 0.1) is 0 Å². The first-order chi connectivity index (χ1) is 13.7. The predicted molar refractivity (Wildman–Crippen MR) is 117 cm³/mol. The van der Waals surface area contributed by atoms with Crippen LogP contribution < -0.4 is 0 Å². The molecule has 162 valence electrons. The van der Waals surface area contributed by atoms with Crippen LogP contribution in [-0.4, -0.2) is 12.1 Å². The van der Waals surface area contributed by atoms with E-state index in [1.807, 2.05) is 0 Å². The van der Waals surface area contributed by atoms with Gasteiger partial charge in [0.25, 0.3) is 0 Å². The van der Waals surface area contributed by atoms with Crippen LogP contribution in [0.25, 0.3) is 0 Å². The summed E-state index contributed by atoms with van der Waals surface area (Å²) in [4.78, 5) is 12.2. The van der Waals surface area contributed by atoms with Gasteiger partial charge in [0.2, 0.25) is 0 Å². The molecule has 0 aromatic carbocycles. The van der Waals surface area contributed by atoms with Crippen LogP contribution in [-0.2, 0) is 9.53 Å². The molecule has 0 saturated heterocycles. The zero-order valence-corrected chi connectivity index (χ0v) is 18.8. The van der Waals surface area contributed by atoms with Crippen molar-refractivity contribution in [3.05, 3.63) is 0 Å². The van der Waals surface area contributed by atoms with Crippen LogP contribution in [0.15, 0.2) is 0 Å². The summed E-state index contributed by atoms with van der Waals surface area (Å²) in [5.41, 5.74) is 0. The molecule has 2 nitrogen and oxygen atoms in total. The van der Waals surface area contributed by atoms with Crippen molar-refractivity contribution < 1.29 is 9.53 Å². The molecule has 3 saturated carbocycles. The lowest BCUT2D eigenvalue weighted by Crippen LogP contribution is -2.43. The quantitative estimate of drug-likeness (QED) is 0.282. The Morgan fingerprint density at radius 2 is 1.43 bits per heavy atom. The van der Waals surface area contributed by atoms with E-state index < -0.39 is 0 Å². The van der Waals surface area contributed by atoms with Crippen molar-refractivity contribution in [1.29, 1.82) is 0 Å². The second-order valence-electron chi connectivity index (χ2n) is 10.3. The van der Waals surface area contributed by atoms with Gasteiger partial charge in [0.15, 0.2) is 0 Å². The maximum Gasteiger partial charge on any atom is 0.306 e. The Morgan fingerprint density at radius 3 is 2.18 bits per heavy atom. The Hall–Kier alpha value is -0.530. The van der Waals surface area contributed by atoms with E-state index in [1.165, 1.54) is 83.5 Å². The number of unbranched alkanes of at least 4 members (excludes halogenated alkanes) is 5. The van der Waals surface area contributed by atoms with E-state index in [4.69, 9.17) is 4.74 Å². The van der Waals surface area contributed by atoms with Crippen molar-refractivity contribution in [2.45, 2.75) is 129 Å². The lowest BCUT2D eigenvalue weighted by Gasteiger charge is -2.50. The third-order valence-corrected chi connectivity index (χ3v) is 8.35. The molecule has 3 aliphatic rings. The highest BCUT2D eigenvalue weighted by atomic mass is 16.5. The highest BCUT2D eigenvalue weighted by Crippen LogP contribution is 2.53. The minimum atomic E-state index is 0.0741. The molecular weight excluding hydrogens is 344 g/mol. The standard InChI is InChI=1S/C26H46O2/c1-3-5-7-8-9-11-26(27)28-23-15-17-25-22(19-23)14-13-21-18-20(10-6-4-2)12-16-24(21)25/h20-25H,3-19H2,1-2H3/t20-,21?,22?,23-,24?,25?/m0/s1. The van der Waals surface area contributed by atoms with Gasteiger partial charge >= 0.3 is 5.97 Å². The molecule has 0 aromatic heterocycles. The van der Waals surface area contributed by atoms with Crippen LogP contribution in [0.2, 0.25) is 0 Å². The molecule has 0 heterocycles. The molecule has 6 atom stereocenters. The molecule has 0 aliphatic heterocycles. The Balaban J connectivity index is 1.38. The Labute approximate surface area is 174 Å². The lowest BCUT2D eigenvalue weighted by atomic mass is 9.56. The smallest absolute Gasteiger partial charge is 0.306 e. The average molecular weight is 391 g/mol. The molecule has 0 amide bonds. The normalized spacial score (nSPS) is 35.1. The average Bonchev–Trinajstić information content (AvgIpc) is 2.71. The molecule has 4 unspecified atom stereocenters. The number of rotatable bonds is 10. The zero-order chi connectivity index (χ0) is 19.8. The summed E-state index contributed by atoms with van der Waals surface area (Å²) in [6, 6.07) is 0. The Bertz CT molecular complexity index is 459. The number of hydrogen-bond acceptors (Lipinski definition) is 2. The van der Waals surface area contributed by atoms with Crippen LogP contribution in [0.5, 0.6) is 0 Å². The first-order valence-corrected chi connectivity index (χ1v) is 12.9. The van der Waals surface area contributed by atoms with Crippen molar-refractivity contribution >= 4 is 5.97 Å². The van der Waals surface area contributed by atoms with Gasteiger partial charge in [-0.25, -0.2) is 0 Å². The van der Waals surface area contributed by atoms with Crippen molar-refractivity contribution in [1.82, 2.24) is 0 Å². The molecule has 28 heavy (non-hydrogen) atoms. The summed E-state index contributed by atoms with van der Waals surface area (Å²) in [5.74, 6) is 4.88. The van der Waals surface area contributed by atoms with Crippen LogP contribution in [0.4, 0.5) is 0 Å². The third-order valence-electron chi connectivity index (χ3n) is 8.35. The SMILES string of the molecule is CCCCCCCC(=O)O[C@H]1CCC2C(CCC3C[C@@H](CCCC)CCC32)C1. The number of carbonyl (C=O) groups is 1. The van der Waals surface area contributed by atoms with Crippen LogP contribution in [0, 0.1) is 29.6 Å². The van der Waals surface area contributed by atoms with E-state index in [1.54, 1.807) is 0 Å². The van der Waals surface area contributed by atoms with Gasteiger partial charge in [-0.3, -0.25) is 4.79 Å². The van der Waals surface area contributed by atoms with E-state index in [9.17, 15) is 4.79 Å². The van der Waals surface area contributed by atoms with Gasteiger partial charge in [-0.15, -0.1) is 0 Å². The third kappa shape index (κ3) is 6.23. The zero-order valence-electron chi connectivity index (χ0n) is 18.8. The fourth-order valence-electron chi connectivity index (χ4n) is 6.83. The topological polar surface area (TPSA) is 26.3 Å². The van der Waals surface area contributed by atoms with Crippen LogP contribution in [0.1, 0.15) is 123 Å². The Kier molecular flexibility index (Phi) is 9.18. The molecule has 0 aromatic rings. The van der Waals surface area contributed by atoms with Gasteiger partial charge in [-0.2, -0.15) is 0 Å². The maximum atomic E-state index is 12.2. The molecule has 3 rings (SSSR count). The number of hydrogen-bond donors (Lipinski definition) is 0. The summed E-state index contributed by atoms with van der Waals surface area (Å²) in [6.45, 7) is 4.56. The minimum Gasteiger partial charge on any atom is -0.462 e. The van der Waals surface area contributed by atoms with Crippen LogP contribution >= 0.6 is 0 Å². The molecular formula is C26H46O2. The van der Waals surface area contributed by atoms with E-state index in [2.05, 4.69) is 13.8 Å². The van der Waals surface area contributed by atoms with Gasteiger partial charge < -0.3 is 4.74 Å². The molecule has 0 bridgehead atoms. The molecule has 2 heteroatoms. The highest BCUT2D eigenvalue weighted by Gasteiger charge is 2.44. The van der Waals surface area contributed by atoms with Gasteiger partial charge in [-0.05, 0) is 81.0 Å². The van der Waals surface area contributed by atoms with Crippen molar-refractivity contribution in [2.24, 2.45) is 29.6 Å². The summed E-state index contributed by atoms with van der Waals surface area (Å²) >= 11 is 0. The summed E-state index contributed by atoms with van der Waals surface area (Å²) < 4.78 is 5.91. The number of esters is 1. The molecule has 3 fully saturated rings. The summed E-state index contributed by atoms with van der Waals surface area (Å²) in [6.07, 6.45) is 22.1. The van der Waals surface area contributed by atoms with E-state index >= 15 is 0 Å². The number of carbonyl (C=O) groups excluding carboxylic acids is 1. The van der Waals surface area contributed by atoms with Gasteiger partial charge in [0, 0.05) is 6.42 Å². The maximum absolute atomic E-state index is 12.2. The number of fused-ring (bicyclic) bond motifs is 3. The fraction of sp³-hybridized carbons (Fsp3) is 0.962. The van der Waals surface area contributed by atoms with Crippen molar-refractivity contribution in [2.75, 3.05) is 0 Å². The van der Waals surface area contributed by atoms with Gasteiger partial charge in [0.1, 0.15) is 6.10 Å². The second kappa shape index (κ2) is 11.6. The first-order valence-electron chi connectivity index (χ1n) is 12.9. The molecule has 0 N–H and O–H groups in total. The van der Waals surface area contributed by atoms with Crippen molar-refractivity contribution in [3.8, 4) is 0 Å². The van der Waals surface area contributed by atoms with Crippen molar-refractivity contribution in [3.63, 3.8) is 0 Å². The van der Waals surface area contributed by atoms with E-state index in [-0.39, 0.29) is 12.1 Å². The summed E-state index contributed by atoms with van der Waals surface area (Å²) in [7, 11) is 0. The van der Waals surface area contributed by atoms with E-state index in [0.717, 1.165) is 48.9 Å². The van der Waals surface area contributed by atoms with Gasteiger partial charge in [-0.1, -0.05) is 65.2 Å². The predicted octanol–water partition coefficient (Wildman–Crippen LogP) is 7.69. The minimum absolute atomic E-state index is 0.0741. The number of ether oxygens (including phenoxy) is 1. The largest absolute Gasteiger partial charge is 0.462 e. The first kappa shape index (κ1) is 22.2. The highest BCUT2D eigenvalue weighted by molar-refractivity contribution is 5.69. The summed E-state index contributed by atoms with van der Waals surface area (Å²) in [5, 5.41) is 0. The molecule has 0 radical (unpaired) electrons. The fourth-order valence-corrected chi connectivity index (χ4v) is 6.83. The molecule has 3 aliphatic carbocycles. The molecule has 0 spiro atoms. The Morgan fingerprint density at radius 1 is 0.750 bits per heavy atom. The van der Waals surface area contributed by atoms with E-state index in [0.29, 0.717) is 6.42 Å². The second-order valence-corrected chi connectivity index (χ2v) is 10.3. The lowest BCUT2D eigenvalue weighted by molar-refractivity contribution is -0.153. The monoisotopic (exact) mass is 390 g/mol. The van der Waals surface area contributed by atoms with Crippen LogP contribution in [0.3, 0.4) is 0 Å².